The fraction of sp³-hybridized carbons (Fsp3) is 0.333. The van der Waals surface area contributed by atoms with Gasteiger partial charge in [0.2, 0.25) is 0 Å². The summed E-state index contributed by atoms with van der Waals surface area (Å²) in [6, 6.07) is 7.04. The minimum atomic E-state index is -3.39. The number of anilines is 1. The van der Waals surface area contributed by atoms with Crippen LogP contribution in [0.5, 0.6) is 0 Å². The Kier molecular flexibility index (Phi) is 4.29. The fourth-order valence-electron chi connectivity index (χ4n) is 0.947. The maximum absolute atomic E-state index is 11.5. The maximum atomic E-state index is 11.5. The average Bonchev–Trinajstić information content (AvgIpc) is 2.28. The highest BCUT2D eigenvalue weighted by molar-refractivity contribution is 7.48. The molecule has 0 radical (unpaired) electrons. The van der Waals surface area contributed by atoms with Gasteiger partial charge in [-0.1, -0.05) is 12.1 Å². The summed E-state index contributed by atoms with van der Waals surface area (Å²) in [5, 5.41) is 0. The van der Waals surface area contributed by atoms with E-state index in [-0.39, 0.29) is 6.61 Å². The molecule has 0 saturated heterocycles. The topological polar surface area (TPSA) is 70.8 Å². The zero-order valence-electron chi connectivity index (χ0n) is 8.67. The number of hydrogen-bond donors (Lipinski definition) is 1. The monoisotopic (exact) mass is 231 g/mol. The lowest BCUT2D eigenvalue weighted by atomic mass is 10.2. The van der Waals surface area contributed by atoms with Gasteiger partial charge in [-0.15, -0.1) is 0 Å². The Hall–Kier alpha value is -0.870. The molecule has 0 heterocycles. The quantitative estimate of drug-likeness (QED) is 0.621. The highest BCUT2D eigenvalue weighted by atomic mass is 31.2. The Bertz CT molecular complexity index is 344. The molecule has 0 saturated carbocycles. The molecule has 0 aromatic heterocycles. The van der Waals surface area contributed by atoms with Gasteiger partial charge in [-0.25, -0.2) is 4.57 Å². The number of phosphoric acid groups is 1. The molecule has 5 nitrogen and oxygen atoms in total. The van der Waals surface area contributed by atoms with E-state index in [1.54, 1.807) is 24.3 Å². The molecule has 0 bridgehead atoms. The predicted octanol–water partition coefficient (Wildman–Crippen LogP) is 2.19. The SMILES string of the molecule is COP(=O)(OC)OCc1ccc(N)cc1. The molecule has 84 valence electrons. The summed E-state index contributed by atoms with van der Waals surface area (Å²) >= 11 is 0. The molecule has 0 atom stereocenters. The smallest absolute Gasteiger partial charge is 0.399 e. The highest BCUT2D eigenvalue weighted by Crippen LogP contribution is 2.48. The van der Waals surface area contributed by atoms with Crippen LogP contribution in [-0.2, 0) is 24.7 Å². The molecule has 0 spiro atoms. The second-order valence-electron chi connectivity index (χ2n) is 2.83. The van der Waals surface area contributed by atoms with Crippen molar-refractivity contribution in [2.24, 2.45) is 0 Å². The Morgan fingerprint density at radius 1 is 1.20 bits per heavy atom. The number of hydrogen-bond acceptors (Lipinski definition) is 5. The van der Waals surface area contributed by atoms with Crippen LogP contribution in [0, 0.1) is 0 Å². The number of rotatable bonds is 5. The third kappa shape index (κ3) is 3.64. The molecule has 0 fully saturated rings. The summed E-state index contributed by atoms with van der Waals surface area (Å²) in [6.45, 7) is 0.152. The third-order valence-corrected chi connectivity index (χ3v) is 3.16. The Morgan fingerprint density at radius 2 is 1.73 bits per heavy atom. The first-order chi connectivity index (χ1) is 7.09. The summed E-state index contributed by atoms with van der Waals surface area (Å²) < 4.78 is 25.8. The highest BCUT2D eigenvalue weighted by Gasteiger charge is 2.22. The van der Waals surface area contributed by atoms with E-state index in [4.69, 9.17) is 10.3 Å². The van der Waals surface area contributed by atoms with Gasteiger partial charge in [-0.3, -0.25) is 13.6 Å². The summed E-state index contributed by atoms with van der Waals surface area (Å²) in [7, 11) is -0.848. The molecular formula is C9H14NO4P. The van der Waals surface area contributed by atoms with E-state index in [1.807, 2.05) is 0 Å². The van der Waals surface area contributed by atoms with Crippen molar-refractivity contribution < 1.29 is 18.1 Å². The van der Waals surface area contributed by atoms with E-state index in [0.717, 1.165) is 5.56 Å². The van der Waals surface area contributed by atoms with Gasteiger partial charge >= 0.3 is 7.82 Å². The second kappa shape index (κ2) is 5.28. The molecule has 0 aliphatic heterocycles. The molecule has 1 rings (SSSR count). The third-order valence-electron chi connectivity index (χ3n) is 1.82. The van der Waals surface area contributed by atoms with Crippen LogP contribution in [0.15, 0.2) is 24.3 Å². The van der Waals surface area contributed by atoms with Crippen LogP contribution < -0.4 is 5.73 Å². The first kappa shape index (κ1) is 12.2. The molecule has 2 N–H and O–H groups in total. The summed E-state index contributed by atoms with van der Waals surface area (Å²) in [5.41, 5.74) is 7.03. The van der Waals surface area contributed by atoms with Crippen LogP contribution in [0.25, 0.3) is 0 Å². The Balaban J connectivity index is 2.57. The van der Waals surface area contributed by atoms with Gasteiger partial charge in [0.1, 0.15) is 0 Å². The van der Waals surface area contributed by atoms with Crippen molar-refractivity contribution in [2.45, 2.75) is 6.61 Å². The molecule has 0 unspecified atom stereocenters. The molecular weight excluding hydrogens is 217 g/mol. The van der Waals surface area contributed by atoms with Gasteiger partial charge in [-0.05, 0) is 17.7 Å². The lowest BCUT2D eigenvalue weighted by Crippen LogP contribution is -1.96. The second-order valence-corrected chi connectivity index (χ2v) is 4.71. The molecule has 6 heteroatoms. The first-order valence-electron chi connectivity index (χ1n) is 4.30. The van der Waals surface area contributed by atoms with E-state index in [0.29, 0.717) is 5.69 Å². The van der Waals surface area contributed by atoms with Gasteiger partial charge < -0.3 is 5.73 Å². The van der Waals surface area contributed by atoms with E-state index >= 15 is 0 Å². The lowest BCUT2D eigenvalue weighted by Gasteiger charge is -2.13. The van der Waals surface area contributed by atoms with Gasteiger partial charge in [0.15, 0.2) is 0 Å². The van der Waals surface area contributed by atoms with Crippen LogP contribution in [0.3, 0.4) is 0 Å². The Labute approximate surface area is 88.8 Å². The summed E-state index contributed by atoms with van der Waals surface area (Å²) in [6.07, 6.45) is 0. The van der Waals surface area contributed by atoms with E-state index in [9.17, 15) is 4.57 Å². The molecule has 0 amide bonds. The van der Waals surface area contributed by atoms with Crippen molar-refractivity contribution in [1.29, 1.82) is 0 Å². The zero-order valence-corrected chi connectivity index (χ0v) is 9.57. The van der Waals surface area contributed by atoms with Crippen LogP contribution in [0.4, 0.5) is 5.69 Å². The number of phosphoric ester groups is 1. The zero-order chi connectivity index (χ0) is 11.3. The standard InChI is InChI=1S/C9H14NO4P/c1-12-15(11,13-2)14-7-8-3-5-9(10)6-4-8/h3-6H,7,10H2,1-2H3. The normalized spacial score (nSPS) is 11.6. The maximum Gasteiger partial charge on any atom is 0.474 e. The minimum absolute atomic E-state index is 0.152. The molecule has 0 aliphatic carbocycles. The van der Waals surface area contributed by atoms with Gasteiger partial charge in [0.05, 0.1) is 6.61 Å². The van der Waals surface area contributed by atoms with Crippen LogP contribution in [0.2, 0.25) is 0 Å². The van der Waals surface area contributed by atoms with E-state index in [2.05, 4.69) is 9.05 Å². The number of benzene rings is 1. The summed E-state index contributed by atoms with van der Waals surface area (Å²) in [5.74, 6) is 0. The van der Waals surface area contributed by atoms with Gasteiger partial charge in [-0.2, -0.15) is 0 Å². The minimum Gasteiger partial charge on any atom is -0.399 e. The first-order valence-corrected chi connectivity index (χ1v) is 5.76. The number of nitrogen functional groups attached to an aromatic ring is 1. The molecule has 0 aliphatic rings. The lowest BCUT2D eigenvalue weighted by molar-refractivity contribution is 0.146. The van der Waals surface area contributed by atoms with Crippen molar-refractivity contribution in [3.63, 3.8) is 0 Å². The fourth-order valence-corrected chi connectivity index (χ4v) is 1.61. The van der Waals surface area contributed by atoms with Crippen LogP contribution >= 0.6 is 7.82 Å². The van der Waals surface area contributed by atoms with E-state index < -0.39 is 7.82 Å². The van der Waals surface area contributed by atoms with Gasteiger partial charge in [0, 0.05) is 19.9 Å². The van der Waals surface area contributed by atoms with Crippen molar-refractivity contribution >= 4 is 13.5 Å². The molecule has 1 aromatic rings. The van der Waals surface area contributed by atoms with Crippen LogP contribution in [0.1, 0.15) is 5.56 Å². The summed E-state index contributed by atoms with van der Waals surface area (Å²) in [4.78, 5) is 0. The average molecular weight is 231 g/mol. The Morgan fingerprint density at radius 3 is 2.20 bits per heavy atom. The predicted molar refractivity (Wildman–Crippen MR) is 57.3 cm³/mol. The van der Waals surface area contributed by atoms with Crippen LogP contribution in [-0.4, -0.2) is 14.2 Å². The molecule has 15 heavy (non-hydrogen) atoms. The van der Waals surface area contributed by atoms with Crippen molar-refractivity contribution in [3.05, 3.63) is 29.8 Å². The van der Waals surface area contributed by atoms with Crippen molar-refractivity contribution in [3.8, 4) is 0 Å². The van der Waals surface area contributed by atoms with Crippen molar-refractivity contribution in [2.75, 3.05) is 20.0 Å². The number of nitrogens with two attached hydrogens (primary N) is 1. The van der Waals surface area contributed by atoms with Gasteiger partial charge in [0.25, 0.3) is 0 Å². The molecule has 1 aromatic carbocycles. The van der Waals surface area contributed by atoms with Crippen molar-refractivity contribution in [1.82, 2.24) is 0 Å². The van der Waals surface area contributed by atoms with E-state index in [1.165, 1.54) is 14.2 Å². The largest absolute Gasteiger partial charge is 0.474 e.